The number of hydrogen-bond donors (Lipinski definition) is 4. The lowest BCUT2D eigenvalue weighted by Gasteiger charge is -2.19. The number of nitriles is 1. The Morgan fingerprint density at radius 3 is 2.66 bits per heavy atom. The molecular formula is C28H33N9O4. The van der Waals surface area contributed by atoms with Crippen LogP contribution in [0.4, 0.5) is 16.3 Å². The summed E-state index contributed by atoms with van der Waals surface area (Å²) in [4.78, 5) is 33.4. The van der Waals surface area contributed by atoms with Gasteiger partial charge in [0.15, 0.2) is 17.2 Å². The number of hydrogen-bond acceptors (Lipinski definition) is 9. The van der Waals surface area contributed by atoms with Crippen molar-refractivity contribution in [1.29, 1.82) is 5.26 Å². The molecule has 41 heavy (non-hydrogen) atoms. The fourth-order valence-corrected chi connectivity index (χ4v) is 4.07. The van der Waals surface area contributed by atoms with Crippen LogP contribution in [0.3, 0.4) is 0 Å². The number of benzene rings is 1. The van der Waals surface area contributed by atoms with Crippen molar-refractivity contribution in [3.05, 3.63) is 59.8 Å². The van der Waals surface area contributed by atoms with E-state index in [9.17, 15) is 14.9 Å². The van der Waals surface area contributed by atoms with Crippen molar-refractivity contribution in [2.45, 2.75) is 39.7 Å². The zero-order valence-electron chi connectivity index (χ0n) is 23.4. The zero-order valence-corrected chi connectivity index (χ0v) is 23.4. The molecule has 4 N–H and O–H groups in total. The Morgan fingerprint density at radius 2 is 1.93 bits per heavy atom. The number of amides is 2. The number of H-pyrrole nitrogens is 1. The van der Waals surface area contributed by atoms with Gasteiger partial charge in [0.05, 0.1) is 30.7 Å². The Morgan fingerprint density at radius 1 is 1.15 bits per heavy atom. The van der Waals surface area contributed by atoms with Crippen LogP contribution < -0.4 is 16.0 Å². The summed E-state index contributed by atoms with van der Waals surface area (Å²) in [5, 5.41) is 24.8. The van der Waals surface area contributed by atoms with Crippen LogP contribution in [0.25, 0.3) is 16.9 Å². The summed E-state index contributed by atoms with van der Waals surface area (Å²) >= 11 is 0. The highest BCUT2D eigenvalue weighted by Crippen LogP contribution is 2.27. The van der Waals surface area contributed by atoms with Gasteiger partial charge in [-0.15, -0.1) is 0 Å². The Bertz CT molecular complexity index is 1560. The van der Waals surface area contributed by atoms with E-state index in [0.717, 1.165) is 11.3 Å². The van der Waals surface area contributed by atoms with E-state index >= 15 is 0 Å². The maximum atomic E-state index is 12.8. The number of aromatic amines is 1. The summed E-state index contributed by atoms with van der Waals surface area (Å²) < 4.78 is 12.5. The molecule has 4 rings (SSSR count). The molecule has 0 aliphatic rings. The lowest BCUT2D eigenvalue weighted by molar-refractivity contribution is 0.0500. The fourth-order valence-electron chi connectivity index (χ4n) is 4.07. The summed E-state index contributed by atoms with van der Waals surface area (Å²) in [5.74, 6) is 0.328. The smallest absolute Gasteiger partial charge is 0.407 e. The number of nitrogens with one attached hydrogen (secondary N) is 4. The van der Waals surface area contributed by atoms with Crippen LogP contribution in [-0.4, -0.2) is 68.5 Å². The number of imidazole rings is 1. The van der Waals surface area contributed by atoms with E-state index in [-0.39, 0.29) is 11.6 Å². The van der Waals surface area contributed by atoms with Crippen molar-refractivity contribution in [3.63, 3.8) is 0 Å². The Labute approximate surface area is 237 Å². The molecule has 0 unspecified atom stereocenters. The number of fused-ring (bicyclic) bond motifs is 1. The Kier molecular flexibility index (Phi) is 9.15. The number of carbonyl (C=O) groups is 2. The molecule has 0 bridgehead atoms. The van der Waals surface area contributed by atoms with Crippen molar-refractivity contribution in [2.24, 2.45) is 0 Å². The summed E-state index contributed by atoms with van der Waals surface area (Å²) in [7, 11) is 0. The SMILES string of the molecule is CCc1cc(Nc2nccn3c(-c4c[nH]nc4C#N)cnc23)ccc1C(=O)NCCOCCNC(=O)OC(C)(C)C. The lowest BCUT2D eigenvalue weighted by atomic mass is 10.0. The lowest BCUT2D eigenvalue weighted by Crippen LogP contribution is -2.34. The van der Waals surface area contributed by atoms with Gasteiger partial charge in [0.2, 0.25) is 0 Å². The molecule has 0 aliphatic carbocycles. The van der Waals surface area contributed by atoms with Gasteiger partial charge in [-0.05, 0) is 51.0 Å². The molecule has 2 amide bonds. The fraction of sp³-hybridized carbons (Fsp3) is 0.357. The molecule has 0 fully saturated rings. The van der Waals surface area contributed by atoms with Crippen LogP contribution >= 0.6 is 0 Å². The summed E-state index contributed by atoms with van der Waals surface area (Å²) in [6, 6.07) is 7.56. The maximum Gasteiger partial charge on any atom is 0.407 e. The maximum absolute atomic E-state index is 12.8. The molecular weight excluding hydrogens is 526 g/mol. The second-order valence-corrected chi connectivity index (χ2v) is 10.0. The van der Waals surface area contributed by atoms with Crippen LogP contribution in [-0.2, 0) is 15.9 Å². The molecule has 0 saturated heterocycles. The number of rotatable bonds is 11. The van der Waals surface area contributed by atoms with Crippen LogP contribution in [0.1, 0.15) is 49.3 Å². The van der Waals surface area contributed by atoms with Gasteiger partial charge >= 0.3 is 6.09 Å². The Balaban J connectivity index is 1.33. The molecule has 13 nitrogen and oxygen atoms in total. The first-order valence-corrected chi connectivity index (χ1v) is 13.2. The predicted molar refractivity (Wildman–Crippen MR) is 152 cm³/mol. The second kappa shape index (κ2) is 12.9. The van der Waals surface area contributed by atoms with Gasteiger partial charge in [0.25, 0.3) is 5.91 Å². The molecule has 0 atom stereocenters. The van der Waals surface area contributed by atoms with Gasteiger partial charge in [0, 0.05) is 42.9 Å². The third-order valence-electron chi connectivity index (χ3n) is 5.89. The minimum absolute atomic E-state index is 0.199. The molecule has 4 aromatic rings. The minimum Gasteiger partial charge on any atom is -0.444 e. The van der Waals surface area contributed by atoms with Crippen molar-refractivity contribution >= 4 is 29.2 Å². The largest absolute Gasteiger partial charge is 0.444 e. The summed E-state index contributed by atoms with van der Waals surface area (Å²) in [5.41, 5.74) is 3.84. The number of nitrogens with zero attached hydrogens (tertiary/aromatic N) is 5. The highest BCUT2D eigenvalue weighted by Gasteiger charge is 2.17. The average Bonchev–Trinajstić information content (AvgIpc) is 3.58. The third kappa shape index (κ3) is 7.37. The van der Waals surface area contributed by atoms with Gasteiger partial charge in [-0.2, -0.15) is 10.4 Å². The Hall–Kier alpha value is -4.96. The van der Waals surface area contributed by atoms with E-state index < -0.39 is 11.7 Å². The third-order valence-corrected chi connectivity index (χ3v) is 5.89. The van der Waals surface area contributed by atoms with Crippen molar-refractivity contribution < 1.29 is 19.1 Å². The van der Waals surface area contributed by atoms with Crippen LogP contribution in [0, 0.1) is 11.3 Å². The van der Waals surface area contributed by atoms with Crippen molar-refractivity contribution in [1.82, 2.24) is 35.2 Å². The van der Waals surface area contributed by atoms with E-state index in [2.05, 4.69) is 42.2 Å². The molecule has 0 aliphatic heterocycles. The standard InChI is InChI=1S/C28H33N9O4/c1-5-18-14-19(6-7-20(18)26(38)31-9-12-40-13-10-32-27(39)41-28(2,3)4)35-24-25-33-17-23(37(25)11-8-30-24)21-16-34-36-22(21)15-29/h6-8,11,14,16-17H,5,9-10,12-13H2,1-4H3,(H,30,35)(H,31,38)(H,32,39)(H,34,36). The van der Waals surface area contributed by atoms with Crippen LogP contribution in [0.15, 0.2) is 43.0 Å². The average molecular weight is 560 g/mol. The first-order valence-electron chi connectivity index (χ1n) is 13.2. The van der Waals surface area contributed by atoms with E-state index in [0.29, 0.717) is 61.0 Å². The summed E-state index contributed by atoms with van der Waals surface area (Å²) in [6.45, 7) is 8.61. The van der Waals surface area contributed by atoms with Crippen LogP contribution in [0.5, 0.6) is 0 Å². The highest BCUT2D eigenvalue weighted by molar-refractivity contribution is 5.96. The van der Waals surface area contributed by atoms with Gasteiger partial charge in [-0.25, -0.2) is 14.8 Å². The van der Waals surface area contributed by atoms with E-state index in [1.807, 2.05) is 23.5 Å². The van der Waals surface area contributed by atoms with Gasteiger partial charge < -0.3 is 25.4 Å². The van der Waals surface area contributed by atoms with E-state index in [1.165, 1.54) is 0 Å². The number of carbonyl (C=O) groups excluding carboxylic acids is 2. The van der Waals surface area contributed by atoms with Crippen molar-refractivity contribution in [2.75, 3.05) is 31.6 Å². The number of ether oxygens (including phenoxy) is 2. The van der Waals surface area contributed by atoms with Gasteiger partial charge in [0.1, 0.15) is 11.7 Å². The number of alkyl carbamates (subject to hydrolysis) is 1. The monoisotopic (exact) mass is 559 g/mol. The molecule has 0 saturated carbocycles. The topological polar surface area (TPSA) is 171 Å². The first kappa shape index (κ1) is 29.0. The minimum atomic E-state index is -0.555. The molecule has 3 aromatic heterocycles. The molecule has 0 radical (unpaired) electrons. The van der Waals surface area contributed by atoms with Gasteiger partial charge in [-0.3, -0.25) is 14.3 Å². The van der Waals surface area contributed by atoms with Crippen molar-refractivity contribution in [3.8, 4) is 17.3 Å². The van der Waals surface area contributed by atoms with Gasteiger partial charge in [-0.1, -0.05) is 6.92 Å². The number of aryl methyl sites for hydroxylation is 1. The van der Waals surface area contributed by atoms with E-state index in [4.69, 9.17) is 9.47 Å². The molecule has 1 aromatic carbocycles. The quantitative estimate of drug-likeness (QED) is 0.201. The molecule has 3 heterocycles. The number of aromatic nitrogens is 5. The van der Waals surface area contributed by atoms with E-state index in [1.54, 1.807) is 51.6 Å². The zero-order chi connectivity index (χ0) is 29.4. The number of anilines is 2. The van der Waals surface area contributed by atoms with Crippen LogP contribution in [0.2, 0.25) is 0 Å². The normalized spacial score (nSPS) is 11.2. The molecule has 13 heteroatoms. The summed E-state index contributed by atoms with van der Waals surface area (Å²) in [6.07, 6.45) is 6.88. The second-order valence-electron chi connectivity index (χ2n) is 10.0. The predicted octanol–water partition coefficient (Wildman–Crippen LogP) is 3.57. The molecule has 214 valence electrons. The molecule has 0 spiro atoms. The highest BCUT2D eigenvalue weighted by atomic mass is 16.6. The first-order chi connectivity index (χ1) is 19.7.